The van der Waals surface area contributed by atoms with Crippen LogP contribution in [0.5, 0.6) is 0 Å². The van der Waals surface area contributed by atoms with Crippen molar-refractivity contribution in [2.45, 2.75) is 76.7 Å². The van der Waals surface area contributed by atoms with Gasteiger partial charge in [-0.1, -0.05) is 44.0 Å². The molecule has 30 heavy (non-hydrogen) atoms. The van der Waals surface area contributed by atoms with Crippen molar-refractivity contribution in [2.75, 3.05) is 18.1 Å². The van der Waals surface area contributed by atoms with Gasteiger partial charge in [0.15, 0.2) is 0 Å². The van der Waals surface area contributed by atoms with Gasteiger partial charge in [0.1, 0.15) is 0 Å². The average Bonchev–Trinajstić information content (AvgIpc) is 2.74. The van der Waals surface area contributed by atoms with Crippen molar-refractivity contribution in [2.24, 2.45) is 11.8 Å². The fourth-order valence-electron chi connectivity index (χ4n) is 5.32. The number of hydrogen-bond acceptors (Lipinski definition) is 3. The molecule has 3 heteroatoms. The summed E-state index contributed by atoms with van der Waals surface area (Å²) in [6, 6.07) is 15.0. The standard InChI is InChI=1S/C27H38N2O/c1-19-2-4-21(5-3-19)18-30-27-12-10-24(11-13-27)23-8-6-20(7-9-23)14-22-15-25(28)17-26(29)16-22/h6-9,15-17,19,21,24,27H,2-5,10-14,18,28-29H2,1H3. The molecular formula is C27H38N2O. The highest BCUT2D eigenvalue weighted by atomic mass is 16.5. The summed E-state index contributed by atoms with van der Waals surface area (Å²) in [5.74, 6) is 2.41. The van der Waals surface area contributed by atoms with Gasteiger partial charge in [0.05, 0.1) is 6.10 Å². The molecule has 2 aromatic rings. The van der Waals surface area contributed by atoms with Gasteiger partial charge in [-0.25, -0.2) is 0 Å². The Morgan fingerprint density at radius 1 is 0.767 bits per heavy atom. The quantitative estimate of drug-likeness (QED) is 0.553. The van der Waals surface area contributed by atoms with Crippen molar-refractivity contribution >= 4 is 11.4 Å². The molecule has 0 saturated heterocycles. The van der Waals surface area contributed by atoms with E-state index >= 15 is 0 Å². The Morgan fingerprint density at radius 3 is 2.03 bits per heavy atom. The second-order valence-corrected chi connectivity index (χ2v) is 9.86. The maximum atomic E-state index is 6.33. The van der Waals surface area contributed by atoms with Crippen LogP contribution in [-0.4, -0.2) is 12.7 Å². The first-order valence-corrected chi connectivity index (χ1v) is 11.9. The molecule has 0 amide bonds. The summed E-state index contributed by atoms with van der Waals surface area (Å²) in [6.07, 6.45) is 11.8. The monoisotopic (exact) mass is 406 g/mol. The lowest BCUT2D eigenvalue weighted by Gasteiger charge is -2.31. The van der Waals surface area contributed by atoms with Crippen molar-refractivity contribution in [3.8, 4) is 0 Å². The Morgan fingerprint density at radius 2 is 1.40 bits per heavy atom. The van der Waals surface area contributed by atoms with E-state index in [1.807, 2.05) is 18.2 Å². The van der Waals surface area contributed by atoms with Gasteiger partial charge in [0.2, 0.25) is 0 Å². The molecule has 162 valence electrons. The molecule has 2 aliphatic carbocycles. The molecule has 0 spiro atoms. The Kier molecular flexibility index (Phi) is 6.99. The predicted octanol–water partition coefficient (Wildman–Crippen LogP) is 6.31. The number of benzene rings is 2. The normalized spacial score (nSPS) is 27.1. The van der Waals surface area contributed by atoms with Gasteiger partial charge in [-0.15, -0.1) is 0 Å². The third kappa shape index (κ3) is 5.78. The second-order valence-electron chi connectivity index (χ2n) is 9.86. The lowest BCUT2D eigenvalue weighted by atomic mass is 9.82. The molecule has 2 saturated carbocycles. The van der Waals surface area contributed by atoms with Gasteiger partial charge >= 0.3 is 0 Å². The summed E-state index contributed by atoms with van der Waals surface area (Å²) in [7, 11) is 0. The highest BCUT2D eigenvalue weighted by Gasteiger charge is 2.25. The van der Waals surface area contributed by atoms with Crippen LogP contribution in [0.2, 0.25) is 0 Å². The van der Waals surface area contributed by atoms with Crippen molar-refractivity contribution < 1.29 is 4.74 Å². The molecule has 0 radical (unpaired) electrons. The van der Waals surface area contributed by atoms with Crippen LogP contribution in [0.1, 0.15) is 80.9 Å². The van der Waals surface area contributed by atoms with Crippen molar-refractivity contribution in [3.63, 3.8) is 0 Å². The maximum Gasteiger partial charge on any atom is 0.0575 e. The zero-order valence-electron chi connectivity index (χ0n) is 18.5. The molecule has 0 unspecified atom stereocenters. The molecule has 0 heterocycles. The van der Waals surface area contributed by atoms with Crippen LogP contribution >= 0.6 is 0 Å². The summed E-state index contributed by atoms with van der Waals surface area (Å²) in [5, 5.41) is 0. The summed E-state index contributed by atoms with van der Waals surface area (Å²) >= 11 is 0. The predicted molar refractivity (Wildman–Crippen MR) is 127 cm³/mol. The van der Waals surface area contributed by atoms with E-state index in [0.29, 0.717) is 12.0 Å². The van der Waals surface area contributed by atoms with Gasteiger partial charge < -0.3 is 16.2 Å². The average molecular weight is 407 g/mol. The molecular weight excluding hydrogens is 368 g/mol. The van der Waals surface area contributed by atoms with Crippen LogP contribution in [0.15, 0.2) is 42.5 Å². The molecule has 0 aromatic heterocycles. The third-order valence-electron chi connectivity index (χ3n) is 7.27. The summed E-state index contributed by atoms with van der Waals surface area (Å²) < 4.78 is 6.33. The van der Waals surface area contributed by atoms with E-state index < -0.39 is 0 Å². The van der Waals surface area contributed by atoms with E-state index in [-0.39, 0.29) is 0 Å². The highest BCUT2D eigenvalue weighted by molar-refractivity contribution is 5.55. The fourth-order valence-corrected chi connectivity index (χ4v) is 5.32. The Labute approximate surface area is 182 Å². The van der Waals surface area contributed by atoms with Crippen molar-refractivity contribution in [1.82, 2.24) is 0 Å². The molecule has 0 aliphatic heterocycles. The first-order valence-electron chi connectivity index (χ1n) is 11.9. The Bertz CT molecular complexity index is 780. The van der Waals surface area contributed by atoms with Gasteiger partial charge in [-0.3, -0.25) is 0 Å². The zero-order valence-corrected chi connectivity index (χ0v) is 18.5. The van der Waals surface area contributed by atoms with E-state index in [1.165, 1.54) is 68.1 Å². The van der Waals surface area contributed by atoms with Crippen LogP contribution in [0.3, 0.4) is 0 Å². The van der Waals surface area contributed by atoms with Crippen molar-refractivity contribution in [3.05, 3.63) is 59.2 Å². The number of nitrogens with two attached hydrogens (primary N) is 2. The largest absolute Gasteiger partial charge is 0.399 e. The van der Waals surface area contributed by atoms with Crippen LogP contribution in [0.4, 0.5) is 11.4 Å². The third-order valence-corrected chi connectivity index (χ3v) is 7.27. The topological polar surface area (TPSA) is 61.3 Å². The number of ether oxygens (including phenoxy) is 1. The first-order chi connectivity index (χ1) is 14.5. The molecule has 3 nitrogen and oxygen atoms in total. The minimum absolute atomic E-state index is 0.480. The van der Waals surface area contributed by atoms with Crippen LogP contribution in [0.25, 0.3) is 0 Å². The SMILES string of the molecule is CC1CCC(COC2CCC(c3ccc(Cc4cc(N)cc(N)c4)cc3)CC2)CC1. The van der Waals surface area contributed by atoms with Crippen molar-refractivity contribution in [1.29, 1.82) is 0 Å². The van der Waals surface area contributed by atoms with Crippen LogP contribution < -0.4 is 11.5 Å². The lowest BCUT2D eigenvalue weighted by Crippen LogP contribution is -2.25. The van der Waals surface area contributed by atoms with E-state index in [2.05, 4.69) is 31.2 Å². The summed E-state index contributed by atoms with van der Waals surface area (Å²) in [6.45, 7) is 3.38. The van der Waals surface area contributed by atoms with E-state index in [9.17, 15) is 0 Å². The Balaban J connectivity index is 1.23. The summed E-state index contributed by atoms with van der Waals surface area (Å²) in [4.78, 5) is 0. The molecule has 0 atom stereocenters. The molecule has 2 aromatic carbocycles. The smallest absolute Gasteiger partial charge is 0.0575 e. The van der Waals surface area contributed by atoms with E-state index in [4.69, 9.17) is 16.2 Å². The number of anilines is 2. The molecule has 2 aliphatic rings. The first kappa shape index (κ1) is 21.2. The van der Waals surface area contributed by atoms with Crippen LogP contribution in [-0.2, 0) is 11.2 Å². The molecule has 0 bridgehead atoms. The number of hydrogen-bond donors (Lipinski definition) is 2. The number of rotatable bonds is 6. The Hall–Kier alpha value is -2.00. The molecule has 2 fully saturated rings. The van der Waals surface area contributed by atoms with Crippen LogP contribution in [0, 0.1) is 11.8 Å². The second kappa shape index (κ2) is 9.87. The molecule has 4 rings (SSSR count). The van der Waals surface area contributed by atoms with Gasteiger partial charge in [-0.05, 0) is 97.6 Å². The van der Waals surface area contributed by atoms with E-state index in [0.717, 1.165) is 36.2 Å². The van der Waals surface area contributed by atoms with E-state index in [1.54, 1.807) is 0 Å². The van der Waals surface area contributed by atoms with Gasteiger partial charge in [-0.2, -0.15) is 0 Å². The maximum absolute atomic E-state index is 6.33. The zero-order chi connectivity index (χ0) is 20.9. The highest BCUT2D eigenvalue weighted by Crippen LogP contribution is 2.35. The van der Waals surface area contributed by atoms with Gasteiger partial charge in [0, 0.05) is 18.0 Å². The van der Waals surface area contributed by atoms with Gasteiger partial charge in [0.25, 0.3) is 0 Å². The summed E-state index contributed by atoms with van der Waals surface area (Å²) in [5.41, 5.74) is 17.3. The minimum atomic E-state index is 0.480. The lowest BCUT2D eigenvalue weighted by molar-refractivity contribution is -0.00404. The number of nitrogen functional groups attached to an aromatic ring is 2. The molecule has 4 N–H and O–H groups in total. The fraction of sp³-hybridized carbons (Fsp3) is 0.556. The minimum Gasteiger partial charge on any atom is -0.399 e.